The maximum atomic E-state index is 13.4. The van der Waals surface area contributed by atoms with Crippen molar-refractivity contribution < 1.29 is 26.8 Å². The Kier molecular flexibility index (Phi) is 6.34. The SMILES string of the molecule is CNC(=O)c1c(-c2ccc(F)cc2)oc2cc(NCS(C)(=O)=O)c(OCc3nccs3)cc12. The van der Waals surface area contributed by atoms with Crippen molar-refractivity contribution in [2.24, 2.45) is 0 Å². The third-order valence-corrected chi connectivity index (χ3v) is 6.13. The highest BCUT2D eigenvalue weighted by atomic mass is 32.2. The predicted octanol–water partition coefficient (Wildman–Crippen LogP) is 4.05. The van der Waals surface area contributed by atoms with Gasteiger partial charge in [-0.3, -0.25) is 4.79 Å². The zero-order valence-electron chi connectivity index (χ0n) is 17.7. The average molecular weight is 490 g/mol. The average Bonchev–Trinajstić information content (AvgIpc) is 3.43. The minimum atomic E-state index is -3.33. The van der Waals surface area contributed by atoms with Gasteiger partial charge < -0.3 is 19.8 Å². The van der Waals surface area contributed by atoms with Crippen molar-refractivity contribution in [3.8, 4) is 17.1 Å². The molecule has 0 radical (unpaired) electrons. The number of benzene rings is 2. The number of sulfone groups is 1. The van der Waals surface area contributed by atoms with Crippen LogP contribution in [0, 0.1) is 5.82 Å². The van der Waals surface area contributed by atoms with Crippen molar-refractivity contribution in [3.05, 3.63) is 64.4 Å². The van der Waals surface area contributed by atoms with E-state index >= 15 is 0 Å². The molecule has 0 saturated carbocycles. The number of nitrogens with one attached hydrogen (secondary N) is 2. The normalized spacial score (nSPS) is 11.5. The van der Waals surface area contributed by atoms with Gasteiger partial charge in [0.2, 0.25) is 0 Å². The van der Waals surface area contributed by atoms with Crippen LogP contribution in [0.2, 0.25) is 0 Å². The number of carbonyl (C=O) groups excluding carboxylic acids is 1. The summed E-state index contributed by atoms with van der Waals surface area (Å²) in [4.78, 5) is 16.9. The highest BCUT2D eigenvalue weighted by Crippen LogP contribution is 2.39. The first-order valence-electron chi connectivity index (χ1n) is 9.76. The van der Waals surface area contributed by atoms with Gasteiger partial charge in [0.25, 0.3) is 5.91 Å². The number of amides is 1. The molecule has 0 aliphatic rings. The van der Waals surface area contributed by atoms with E-state index in [1.165, 1.54) is 42.6 Å². The Morgan fingerprint density at radius 1 is 1.24 bits per heavy atom. The Balaban J connectivity index is 1.85. The van der Waals surface area contributed by atoms with E-state index in [1.54, 1.807) is 18.3 Å². The van der Waals surface area contributed by atoms with Crippen molar-refractivity contribution in [1.29, 1.82) is 0 Å². The van der Waals surface area contributed by atoms with Gasteiger partial charge in [-0.1, -0.05) is 0 Å². The van der Waals surface area contributed by atoms with E-state index in [1.807, 2.05) is 5.38 Å². The minimum Gasteiger partial charge on any atom is -0.484 e. The summed E-state index contributed by atoms with van der Waals surface area (Å²) in [6.07, 6.45) is 2.77. The van der Waals surface area contributed by atoms with Crippen molar-refractivity contribution >= 4 is 43.7 Å². The molecule has 0 atom stereocenters. The molecule has 33 heavy (non-hydrogen) atoms. The fourth-order valence-corrected chi connectivity index (χ4v) is 4.15. The van der Waals surface area contributed by atoms with Crippen LogP contribution < -0.4 is 15.4 Å². The van der Waals surface area contributed by atoms with Gasteiger partial charge in [-0.05, 0) is 30.3 Å². The molecule has 11 heteroatoms. The lowest BCUT2D eigenvalue weighted by Gasteiger charge is -2.12. The lowest BCUT2D eigenvalue weighted by molar-refractivity contribution is 0.0964. The second-order valence-electron chi connectivity index (χ2n) is 7.20. The number of ether oxygens (including phenoxy) is 1. The number of hydrogen-bond donors (Lipinski definition) is 2. The fraction of sp³-hybridized carbons (Fsp3) is 0.182. The highest BCUT2D eigenvalue weighted by molar-refractivity contribution is 7.90. The first-order chi connectivity index (χ1) is 15.7. The highest BCUT2D eigenvalue weighted by Gasteiger charge is 2.24. The monoisotopic (exact) mass is 489 g/mol. The standard InChI is InChI=1S/C22H20FN3O5S2/c1-24-22(27)20-15-9-18(30-11-19-25-7-8-32-19)16(26-12-33(2,28)29)10-17(15)31-21(20)13-3-5-14(23)6-4-13/h3-10,26H,11-12H2,1-2H3,(H,24,27). The molecule has 2 heterocycles. The molecule has 4 rings (SSSR count). The molecule has 2 aromatic carbocycles. The molecule has 0 aliphatic heterocycles. The first kappa shape index (κ1) is 22.7. The van der Waals surface area contributed by atoms with Gasteiger partial charge in [-0.2, -0.15) is 0 Å². The summed E-state index contributed by atoms with van der Waals surface area (Å²) in [7, 11) is -1.83. The Labute approximate surface area is 193 Å². The molecule has 0 aliphatic carbocycles. The number of aromatic nitrogens is 1. The lowest BCUT2D eigenvalue weighted by Crippen LogP contribution is -2.18. The molecule has 0 unspecified atom stereocenters. The van der Waals surface area contributed by atoms with Crippen molar-refractivity contribution in [2.45, 2.75) is 6.61 Å². The quantitative estimate of drug-likeness (QED) is 0.384. The number of hydrogen-bond acceptors (Lipinski definition) is 8. The molecule has 1 amide bonds. The molecule has 2 aromatic heterocycles. The van der Waals surface area contributed by atoms with E-state index in [2.05, 4.69) is 15.6 Å². The summed E-state index contributed by atoms with van der Waals surface area (Å²) in [6.45, 7) is 0.161. The molecule has 4 aromatic rings. The summed E-state index contributed by atoms with van der Waals surface area (Å²) in [5, 5.41) is 8.47. The molecule has 2 N–H and O–H groups in total. The van der Waals surface area contributed by atoms with Crippen LogP contribution in [0.5, 0.6) is 5.75 Å². The van der Waals surface area contributed by atoms with Gasteiger partial charge in [0.1, 0.15) is 40.4 Å². The van der Waals surface area contributed by atoms with Crippen LogP contribution in [0.25, 0.3) is 22.3 Å². The van der Waals surface area contributed by atoms with Crippen molar-refractivity contribution in [1.82, 2.24) is 10.3 Å². The summed E-state index contributed by atoms with van der Waals surface area (Å²) in [5.41, 5.74) is 1.49. The van der Waals surface area contributed by atoms with Crippen molar-refractivity contribution in [2.75, 3.05) is 24.5 Å². The number of nitrogens with zero attached hydrogens (tertiary/aromatic N) is 1. The molecule has 0 saturated heterocycles. The minimum absolute atomic E-state index is 0.161. The summed E-state index contributed by atoms with van der Waals surface area (Å²) in [6, 6.07) is 8.78. The number of fused-ring (bicyclic) bond motifs is 1. The second-order valence-corrected chi connectivity index (χ2v) is 10.3. The smallest absolute Gasteiger partial charge is 0.255 e. The Morgan fingerprint density at radius 3 is 2.64 bits per heavy atom. The van der Waals surface area contributed by atoms with Crippen LogP contribution in [-0.4, -0.2) is 38.5 Å². The zero-order valence-corrected chi connectivity index (χ0v) is 19.3. The summed E-state index contributed by atoms with van der Waals surface area (Å²) >= 11 is 1.42. The van der Waals surface area contributed by atoms with Crippen LogP contribution in [0.1, 0.15) is 15.4 Å². The molecule has 172 valence electrons. The van der Waals surface area contributed by atoms with Gasteiger partial charge in [-0.25, -0.2) is 17.8 Å². The number of anilines is 1. The second kappa shape index (κ2) is 9.20. The topological polar surface area (TPSA) is 111 Å². The van der Waals surface area contributed by atoms with Crippen LogP contribution in [0.3, 0.4) is 0 Å². The van der Waals surface area contributed by atoms with Crippen LogP contribution in [0.15, 0.2) is 52.4 Å². The number of carbonyl (C=O) groups is 1. The first-order valence-corrected chi connectivity index (χ1v) is 12.7. The van der Waals surface area contributed by atoms with E-state index < -0.39 is 21.6 Å². The summed E-state index contributed by atoms with van der Waals surface area (Å²) in [5.74, 6) is -0.536. The van der Waals surface area contributed by atoms with E-state index in [9.17, 15) is 17.6 Å². The molecule has 0 fully saturated rings. The van der Waals surface area contributed by atoms with Gasteiger partial charge >= 0.3 is 0 Å². The molecule has 0 bridgehead atoms. The molecular formula is C22H20FN3O5S2. The van der Waals surface area contributed by atoms with Crippen LogP contribution in [0.4, 0.5) is 10.1 Å². The third kappa shape index (κ3) is 5.15. The maximum absolute atomic E-state index is 13.4. The Morgan fingerprint density at radius 2 is 2.00 bits per heavy atom. The van der Waals surface area contributed by atoms with Gasteiger partial charge in [0.05, 0.1) is 11.3 Å². The number of thiazole rings is 1. The van der Waals surface area contributed by atoms with E-state index in [-0.39, 0.29) is 23.8 Å². The lowest BCUT2D eigenvalue weighted by atomic mass is 10.0. The molecule has 0 spiro atoms. The van der Waals surface area contributed by atoms with Gasteiger partial charge in [0.15, 0.2) is 9.84 Å². The van der Waals surface area contributed by atoms with Crippen LogP contribution in [-0.2, 0) is 16.4 Å². The largest absolute Gasteiger partial charge is 0.484 e. The maximum Gasteiger partial charge on any atom is 0.255 e. The fourth-order valence-electron chi connectivity index (χ4n) is 3.21. The van der Waals surface area contributed by atoms with Gasteiger partial charge in [-0.15, -0.1) is 11.3 Å². The Hall–Kier alpha value is -3.44. The van der Waals surface area contributed by atoms with E-state index in [0.717, 1.165) is 11.3 Å². The number of rotatable bonds is 8. The summed E-state index contributed by atoms with van der Waals surface area (Å²) < 4.78 is 48.8. The van der Waals surface area contributed by atoms with E-state index in [0.29, 0.717) is 28.0 Å². The van der Waals surface area contributed by atoms with Crippen molar-refractivity contribution in [3.63, 3.8) is 0 Å². The zero-order chi connectivity index (χ0) is 23.6. The Bertz CT molecular complexity index is 1400. The van der Waals surface area contributed by atoms with Crippen LogP contribution >= 0.6 is 11.3 Å². The molecule has 8 nitrogen and oxygen atoms in total. The predicted molar refractivity (Wildman–Crippen MR) is 125 cm³/mol. The van der Waals surface area contributed by atoms with E-state index in [4.69, 9.17) is 9.15 Å². The number of furan rings is 1. The number of halogens is 1. The third-order valence-electron chi connectivity index (χ3n) is 4.71. The molecular weight excluding hydrogens is 469 g/mol. The van der Waals surface area contributed by atoms with Gasteiger partial charge in [0, 0.05) is 41.9 Å².